The third kappa shape index (κ3) is 5.07. The van der Waals surface area contributed by atoms with Crippen LogP contribution >= 0.6 is 0 Å². The largest absolute Gasteiger partial charge is 0.356 e. The van der Waals surface area contributed by atoms with Crippen LogP contribution in [0, 0.1) is 12.7 Å². The van der Waals surface area contributed by atoms with Crippen molar-refractivity contribution in [1.29, 1.82) is 0 Å². The number of hydrogen-bond donors (Lipinski definition) is 2. The molecule has 0 saturated carbocycles. The molecule has 2 N–H and O–H groups in total. The second-order valence-electron chi connectivity index (χ2n) is 4.32. The normalized spacial score (nSPS) is 10.1. The number of rotatable bonds is 6. The van der Waals surface area contributed by atoms with Crippen molar-refractivity contribution < 1.29 is 14.0 Å². The second kappa shape index (κ2) is 7.51. The molecule has 1 rings (SSSR count). The van der Waals surface area contributed by atoms with E-state index >= 15 is 0 Å². The van der Waals surface area contributed by atoms with Crippen LogP contribution in [-0.4, -0.2) is 24.9 Å². The van der Waals surface area contributed by atoms with Crippen molar-refractivity contribution in [2.75, 3.05) is 13.1 Å². The van der Waals surface area contributed by atoms with Crippen LogP contribution in [0.5, 0.6) is 0 Å². The maximum atomic E-state index is 13.1. The summed E-state index contributed by atoms with van der Waals surface area (Å²) in [5.74, 6) is -0.908. The van der Waals surface area contributed by atoms with Gasteiger partial charge in [0.25, 0.3) is 5.91 Å². The van der Waals surface area contributed by atoms with E-state index in [9.17, 15) is 14.0 Å². The fraction of sp³-hybridized carbons (Fsp3) is 0.429. The van der Waals surface area contributed by atoms with E-state index in [0.717, 1.165) is 6.42 Å². The number of halogens is 1. The van der Waals surface area contributed by atoms with Gasteiger partial charge in [-0.05, 0) is 31.0 Å². The monoisotopic (exact) mass is 266 g/mol. The lowest BCUT2D eigenvalue weighted by molar-refractivity contribution is -0.120. The summed E-state index contributed by atoms with van der Waals surface area (Å²) >= 11 is 0. The lowest BCUT2D eigenvalue weighted by Crippen LogP contribution is -2.31. The molecule has 0 saturated heterocycles. The molecule has 0 heterocycles. The first-order valence-electron chi connectivity index (χ1n) is 6.35. The van der Waals surface area contributed by atoms with Gasteiger partial charge in [0.2, 0.25) is 5.91 Å². The maximum absolute atomic E-state index is 13.1. The Morgan fingerprint density at radius 1 is 1.21 bits per heavy atom. The fourth-order valence-corrected chi connectivity index (χ4v) is 1.58. The molecule has 0 atom stereocenters. The minimum Gasteiger partial charge on any atom is -0.356 e. The number of carbonyl (C=O) groups excluding carboxylic acids is 2. The van der Waals surface area contributed by atoms with Crippen molar-refractivity contribution in [3.8, 4) is 0 Å². The van der Waals surface area contributed by atoms with E-state index in [2.05, 4.69) is 10.6 Å². The summed E-state index contributed by atoms with van der Waals surface area (Å²) in [5, 5.41) is 5.32. The zero-order valence-corrected chi connectivity index (χ0v) is 11.3. The van der Waals surface area contributed by atoms with E-state index in [1.54, 1.807) is 13.0 Å². The van der Waals surface area contributed by atoms with Crippen molar-refractivity contribution in [2.24, 2.45) is 0 Å². The highest BCUT2D eigenvalue weighted by Crippen LogP contribution is 2.09. The van der Waals surface area contributed by atoms with E-state index in [1.807, 2.05) is 6.92 Å². The molecule has 5 heteroatoms. The molecule has 19 heavy (non-hydrogen) atoms. The van der Waals surface area contributed by atoms with Gasteiger partial charge in [-0.2, -0.15) is 0 Å². The molecule has 0 aliphatic rings. The van der Waals surface area contributed by atoms with Gasteiger partial charge in [-0.3, -0.25) is 9.59 Å². The molecule has 4 nitrogen and oxygen atoms in total. The maximum Gasteiger partial charge on any atom is 0.251 e. The zero-order valence-electron chi connectivity index (χ0n) is 11.3. The highest BCUT2D eigenvalue weighted by molar-refractivity contribution is 5.95. The van der Waals surface area contributed by atoms with Gasteiger partial charge in [0.1, 0.15) is 5.82 Å². The lowest BCUT2D eigenvalue weighted by atomic mass is 10.1. The Bertz CT molecular complexity index is 461. The molecule has 1 aromatic rings. The number of amides is 2. The summed E-state index contributed by atoms with van der Waals surface area (Å²) in [5.41, 5.74) is 1.00. The summed E-state index contributed by atoms with van der Waals surface area (Å²) in [7, 11) is 0. The highest BCUT2D eigenvalue weighted by Gasteiger charge is 2.10. The molecule has 104 valence electrons. The predicted octanol–water partition coefficient (Wildman–Crippen LogP) is 1.78. The molecule has 0 aliphatic carbocycles. The Hall–Kier alpha value is -1.91. The zero-order chi connectivity index (χ0) is 14.3. The summed E-state index contributed by atoms with van der Waals surface area (Å²) in [4.78, 5) is 23.1. The van der Waals surface area contributed by atoms with Crippen molar-refractivity contribution in [3.05, 3.63) is 35.1 Å². The quantitative estimate of drug-likeness (QED) is 0.824. The molecule has 0 unspecified atom stereocenters. The SMILES string of the molecule is CCCNC(=O)CCNC(=O)c1cc(F)ccc1C. The molecule has 1 aromatic carbocycles. The summed E-state index contributed by atoms with van der Waals surface area (Å²) in [6.07, 6.45) is 1.10. The Kier molecular flexibility index (Phi) is 5.99. The number of nitrogens with one attached hydrogen (secondary N) is 2. The summed E-state index contributed by atoms with van der Waals surface area (Å²) in [6.45, 7) is 4.58. The Morgan fingerprint density at radius 3 is 2.63 bits per heavy atom. The molecular weight excluding hydrogens is 247 g/mol. The van der Waals surface area contributed by atoms with E-state index in [1.165, 1.54) is 12.1 Å². The minimum atomic E-state index is -0.448. The van der Waals surface area contributed by atoms with Crippen molar-refractivity contribution in [3.63, 3.8) is 0 Å². The smallest absolute Gasteiger partial charge is 0.251 e. The second-order valence-corrected chi connectivity index (χ2v) is 4.32. The molecule has 2 amide bonds. The first-order chi connectivity index (χ1) is 9.04. The number of benzene rings is 1. The van der Waals surface area contributed by atoms with E-state index in [-0.39, 0.29) is 24.8 Å². The van der Waals surface area contributed by atoms with Crippen molar-refractivity contribution >= 4 is 11.8 Å². The van der Waals surface area contributed by atoms with Gasteiger partial charge in [-0.1, -0.05) is 13.0 Å². The topological polar surface area (TPSA) is 58.2 Å². The Labute approximate surface area is 112 Å². The molecule has 0 radical (unpaired) electrons. The lowest BCUT2D eigenvalue weighted by Gasteiger charge is -2.08. The average Bonchev–Trinajstić information content (AvgIpc) is 2.39. The van der Waals surface area contributed by atoms with Gasteiger partial charge in [-0.15, -0.1) is 0 Å². The van der Waals surface area contributed by atoms with E-state index in [4.69, 9.17) is 0 Å². The van der Waals surface area contributed by atoms with Crippen LogP contribution in [0.15, 0.2) is 18.2 Å². The highest BCUT2D eigenvalue weighted by atomic mass is 19.1. The van der Waals surface area contributed by atoms with E-state index in [0.29, 0.717) is 17.7 Å². The molecule has 0 aliphatic heterocycles. The summed E-state index contributed by atoms with van der Waals surface area (Å²) < 4.78 is 13.1. The van der Waals surface area contributed by atoms with Crippen LogP contribution < -0.4 is 10.6 Å². The fourth-order valence-electron chi connectivity index (χ4n) is 1.58. The van der Waals surface area contributed by atoms with Gasteiger partial charge < -0.3 is 10.6 Å². The third-order valence-electron chi connectivity index (χ3n) is 2.65. The van der Waals surface area contributed by atoms with Crippen molar-refractivity contribution in [1.82, 2.24) is 10.6 Å². The number of carbonyl (C=O) groups is 2. The van der Waals surface area contributed by atoms with Gasteiger partial charge in [0.15, 0.2) is 0 Å². The molecule has 0 spiro atoms. The molecule has 0 bridgehead atoms. The van der Waals surface area contributed by atoms with Crippen LogP contribution in [0.25, 0.3) is 0 Å². The first-order valence-corrected chi connectivity index (χ1v) is 6.35. The molecule has 0 fully saturated rings. The number of hydrogen-bond acceptors (Lipinski definition) is 2. The van der Waals surface area contributed by atoms with Crippen LogP contribution in [0.4, 0.5) is 4.39 Å². The van der Waals surface area contributed by atoms with Gasteiger partial charge in [0, 0.05) is 25.1 Å². The van der Waals surface area contributed by atoms with Crippen LogP contribution in [-0.2, 0) is 4.79 Å². The van der Waals surface area contributed by atoms with Crippen LogP contribution in [0.3, 0.4) is 0 Å². The minimum absolute atomic E-state index is 0.0990. The summed E-state index contributed by atoms with van der Waals surface area (Å²) in [6, 6.07) is 4.06. The van der Waals surface area contributed by atoms with Gasteiger partial charge >= 0.3 is 0 Å². The van der Waals surface area contributed by atoms with Gasteiger partial charge in [0.05, 0.1) is 0 Å². The Morgan fingerprint density at radius 2 is 1.95 bits per heavy atom. The first kappa shape index (κ1) is 15.1. The molecular formula is C14H19FN2O2. The molecule has 0 aromatic heterocycles. The average molecular weight is 266 g/mol. The van der Waals surface area contributed by atoms with Crippen LogP contribution in [0.1, 0.15) is 35.7 Å². The van der Waals surface area contributed by atoms with Crippen LogP contribution in [0.2, 0.25) is 0 Å². The predicted molar refractivity (Wildman–Crippen MR) is 71.4 cm³/mol. The van der Waals surface area contributed by atoms with E-state index < -0.39 is 5.82 Å². The van der Waals surface area contributed by atoms with Crippen molar-refractivity contribution in [2.45, 2.75) is 26.7 Å². The third-order valence-corrected chi connectivity index (χ3v) is 2.65. The standard InChI is InChI=1S/C14H19FN2O2/c1-3-7-16-13(18)6-8-17-14(19)12-9-11(15)5-4-10(12)2/h4-5,9H,3,6-8H2,1-2H3,(H,16,18)(H,17,19). The van der Waals surface area contributed by atoms with Gasteiger partial charge in [-0.25, -0.2) is 4.39 Å². The Balaban J connectivity index is 2.43. The number of aryl methyl sites for hydroxylation is 1.